The Morgan fingerprint density at radius 2 is 1.59 bits per heavy atom. The van der Waals surface area contributed by atoms with E-state index in [2.05, 4.69) is 9.97 Å². The van der Waals surface area contributed by atoms with E-state index < -0.39 is 5.60 Å². The zero-order valence-electron chi connectivity index (χ0n) is 15.7. The molecule has 0 spiro atoms. The van der Waals surface area contributed by atoms with Gasteiger partial charge in [-0.25, -0.2) is 19.2 Å². The van der Waals surface area contributed by atoms with Crippen molar-refractivity contribution in [2.24, 2.45) is 0 Å². The summed E-state index contributed by atoms with van der Waals surface area (Å²) in [5.74, 6) is 1.24. The van der Waals surface area contributed by atoms with Gasteiger partial charge in [-0.1, -0.05) is 0 Å². The number of rotatable bonds is 3. The highest BCUT2D eigenvalue weighted by atomic mass is 19.1. The van der Waals surface area contributed by atoms with Crippen LogP contribution in [0.3, 0.4) is 0 Å². The monoisotopic (exact) mass is 374 g/mol. The van der Waals surface area contributed by atoms with E-state index in [1.54, 1.807) is 29.4 Å². The number of hydrogen-bond acceptors (Lipinski definition) is 6. The predicted octanol–water partition coefficient (Wildman–Crippen LogP) is 3.47. The molecule has 0 atom stereocenters. The van der Waals surface area contributed by atoms with Crippen LogP contribution in [0, 0.1) is 5.82 Å². The molecule has 3 rings (SSSR count). The average Bonchev–Trinajstić information content (AvgIpc) is 2.63. The van der Waals surface area contributed by atoms with Gasteiger partial charge in [0.1, 0.15) is 17.2 Å². The Morgan fingerprint density at radius 1 is 1.00 bits per heavy atom. The minimum absolute atomic E-state index is 0.300. The number of piperazine rings is 1. The van der Waals surface area contributed by atoms with Crippen molar-refractivity contribution in [3.63, 3.8) is 0 Å². The second-order valence-corrected chi connectivity index (χ2v) is 7.23. The van der Waals surface area contributed by atoms with Crippen LogP contribution in [-0.4, -0.2) is 52.7 Å². The van der Waals surface area contributed by atoms with Gasteiger partial charge in [-0.15, -0.1) is 0 Å². The molecule has 1 aromatic heterocycles. The van der Waals surface area contributed by atoms with Gasteiger partial charge in [0.25, 0.3) is 0 Å². The molecule has 0 aliphatic carbocycles. The fraction of sp³-hybridized carbons (Fsp3) is 0.421. The number of hydrogen-bond donors (Lipinski definition) is 0. The number of amides is 1. The first kappa shape index (κ1) is 18.9. The van der Waals surface area contributed by atoms with E-state index in [0.717, 1.165) is 0 Å². The standard InChI is InChI=1S/C19H23FN4O3/c1-19(2,3)27-18(25)24-10-8-23(9-11-24)17-21-12-16(13-22-17)26-15-6-4-14(20)5-7-15/h4-7,12-13H,8-11H2,1-3H3. The van der Waals surface area contributed by atoms with Crippen LogP contribution < -0.4 is 9.64 Å². The summed E-state index contributed by atoms with van der Waals surface area (Å²) < 4.78 is 23.9. The topological polar surface area (TPSA) is 67.8 Å². The maximum absolute atomic E-state index is 12.9. The highest BCUT2D eigenvalue weighted by molar-refractivity contribution is 5.68. The number of carbonyl (C=O) groups excluding carboxylic acids is 1. The van der Waals surface area contributed by atoms with Gasteiger partial charge in [-0.3, -0.25) is 0 Å². The fourth-order valence-electron chi connectivity index (χ4n) is 2.58. The highest BCUT2D eigenvalue weighted by Gasteiger charge is 2.26. The molecule has 1 aliphatic rings. The van der Waals surface area contributed by atoms with Crippen molar-refractivity contribution in [3.05, 3.63) is 42.5 Å². The fourth-order valence-corrected chi connectivity index (χ4v) is 2.58. The molecule has 1 saturated heterocycles. The van der Waals surface area contributed by atoms with Gasteiger partial charge < -0.3 is 19.3 Å². The molecular formula is C19H23FN4O3. The van der Waals surface area contributed by atoms with E-state index >= 15 is 0 Å². The van der Waals surface area contributed by atoms with Crippen LogP contribution in [0.5, 0.6) is 11.5 Å². The molecule has 1 amide bonds. The van der Waals surface area contributed by atoms with Crippen LogP contribution in [0.2, 0.25) is 0 Å². The Kier molecular flexibility index (Phi) is 5.43. The molecule has 1 fully saturated rings. The van der Waals surface area contributed by atoms with Crippen molar-refractivity contribution in [2.75, 3.05) is 31.1 Å². The first-order valence-electron chi connectivity index (χ1n) is 8.78. The second kappa shape index (κ2) is 7.77. The van der Waals surface area contributed by atoms with E-state index in [1.807, 2.05) is 25.7 Å². The molecule has 0 radical (unpaired) electrons. The van der Waals surface area contributed by atoms with E-state index in [1.165, 1.54) is 12.1 Å². The number of halogens is 1. The van der Waals surface area contributed by atoms with Crippen LogP contribution in [0.15, 0.2) is 36.7 Å². The van der Waals surface area contributed by atoms with E-state index in [0.29, 0.717) is 43.6 Å². The third-order valence-corrected chi connectivity index (χ3v) is 3.88. The second-order valence-electron chi connectivity index (χ2n) is 7.23. The number of anilines is 1. The molecule has 0 saturated carbocycles. The van der Waals surface area contributed by atoms with Crippen molar-refractivity contribution in [1.29, 1.82) is 0 Å². The normalized spacial score (nSPS) is 14.8. The van der Waals surface area contributed by atoms with Crippen molar-refractivity contribution in [2.45, 2.75) is 26.4 Å². The molecule has 27 heavy (non-hydrogen) atoms. The molecule has 0 N–H and O–H groups in total. The Labute approximate surface area is 157 Å². The third kappa shape index (κ3) is 5.29. The van der Waals surface area contributed by atoms with Crippen LogP contribution in [0.25, 0.3) is 0 Å². The lowest BCUT2D eigenvalue weighted by molar-refractivity contribution is 0.0240. The van der Waals surface area contributed by atoms with Crippen molar-refractivity contribution >= 4 is 12.0 Å². The third-order valence-electron chi connectivity index (χ3n) is 3.88. The molecule has 7 nitrogen and oxygen atoms in total. The summed E-state index contributed by atoms with van der Waals surface area (Å²) in [5, 5.41) is 0. The molecule has 2 heterocycles. The summed E-state index contributed by atoms with van der Waals surface area (Å²) in [6.07, 6.45) is 2.85. The van der Waals surface area contributed by atoms with Crippen LogP contribution in [0.4, 0.5) is 15.1 Å². The quantitative estimate of drug-likeness (QED) is 0.820. The first-order chi connectivity index (χ1) is 12.8. The predicted molar refractivity (Wildman–Crippen MR) is 98.5 cm³/mol. The molecule has 8 heteroatoms. The molecule has 1 aromatic carbocycles. The maximum atomic E-state index is 12.9. The summed E-state index contributed by atoms with van der Waals surface area (Å²) in [6, 6.07) is 5.74. The lowest BCUT2D eigenvalue weighted by Crippen LogP contribution is -2.50. The minimum Gasteiger partial charge on any atom is -0.454 e. The largest absolute Gasteiger partial charge is 0.454 e. The van der Waals surface area contributed by atoms with Crippen molar-refractivity contribution in [1.82, 2.24) is 14.9 Å². The summed E-state index contributed by atoms with van der Waals surface area (Å²) in [7, 11) is 0. The Balaban J connectivity index is 1.54. The summed E-state index contributed by atoms with van der Waals surface area (Å²) in [5.41, 5.74) is -0.502. The number of nitrogens with zero attached hydrogens (tertiary/aromatic N) is 4. The van der Waals surface area contributed by atoms with Gasteiger partial charge in [-0.2, -0.15) is 0 Å². The lowest BCUT2D eigenvalue weighted by Gasteiger charge is -2.35. The summed E-state index contributed by atoms with van der Waals surface area (Å²) in [4.78, 5) is 24.5. The number of aromatic nitrogens is 2. The zero-order valence-corrected chi connectivity index (χ0v) is 15.7. The van der Waals surface area contributed by atoms with E-state index in [9.17, 15) is 9.18 Å². The first-order valence-corrected chi connectivity index (χ1v) is 8.78. The Bertz CT molecular complexity index is 767. The van der Waals surface area contributed by atoms with E-state index in [4.69, 9.17) is 9.47 Å². The molecule has 1 aliphatic heterocycles. The summed E-state index contributed by atoms with van der Waals surface area (Å²) in [6.45, 7) is 7.90. The summed E-state index contributed by atoms with van der Waals surface area (Å²) >= 11 is 0. The van der Waals surface area contributed by atoms with Crippen molar-refractivity contribution in [3.8, 4) is 11.5 Å². The highest BCUT2D eigenvalue weighted by Crippen LogP contribution is 2.21. The van der Waals surface area contributed by atoms with Crippen LogP contribution in [-0.2, 0) is 4.74 Å². The molecular weight excluding hydrogens is 351 g/mol. The average molecular weight is 374 g/mol. The van der Waals surface area contributed by atoms with Gasteiger partial charge in [0.2, 0.25) is 5.95 Å². The Morgan fingerprint density at radius 3 is 2.15 bits per heavy atom. The van der Waals surface area contributed by atoms with Crippen LogP contribution >= 0.6 is 0 Å². The lowest BCUT2D eigenvalue weighted by atomic mass is 10.2. The van der Waals surface area contributed by atoms with E-state index in [-0.39, 0.29) is 11.9 Å². The number of carbonyl (C=O) groups is 1. The molecule has 144 valence electrons. The molecule has 0 bridgehead atoms. The van der Waals surface area contributed by atoms with Crippen LogP contribution in [0.1, 0.15) is 20.8 Å². The molecule has 0 unspecified atom stereocenters. The maximum Gasteiger partial charge on any atom is 0.410 e. The van der Waals surface area contributed by atoms with Crippen molar-refractivity contribution < 1.29 is 18.7 Å². The number of ether oxygens (including phenoxy) is 2. The Hall–Kier alpha value is -2.90. The number of benzene rings is 1. The minimum atomic E-state index is -0.502. The molecule has 2 aromatic rings. The SMILES string of the molecule is CC(C)(C)OC(=O)N1CCN(c2ncc(Oc3ccc(F)cc3)cn2)CC1. The van der Waals surface area contributed by atoms with Gasteiger partial charge in [0, 0.05) is 26.2 Å². The van der Waals surface area contributed by atoms with Gasteiger partial charge in [-0.05, 0) is 45.0 Å². The zero-order chi connectivity index (χ0) is 19.4. The van der Waals surface area contributed by atoms with Gasteiger partial charge in [0.05, 0.1) is 12.4 Å². The van der Waals surface area contributed by atoms with Gasteiger partial charge in [0.15, 0.2) is 5.75 Å². The smallest absolute Gasteiger partial charge is 0.410 e. The van der Waals surface area contributed by atoms with Gasteiger partial charge >= 0.3 is 6.09 Å².